The van der Waals surface area contributed by atoms with Crippen molar-refractivity contribution in [1.29, 1.82) is 0 Å². The molecule has 0 radical (unpaired) electrons. The molecule has 3 aromatic rings. The molecule has 0 unspecified atom stereocenters. The Morgan fingerprint density at radius 2 is 1.74 bits per heavy atom. The van der Waals surface area contributed by atoms with Crippen molar-refractivity contribution in [2.24, 2.45) is 0 Å². The number of rotatable bonds is 5. The van der Waals surface area contributed by atoms with E-state index in [1.165, 1.54) is 6.07 Å². The quantitative estimate of drug-likeness (QED) is 0.556. The van der Waals surface area contributed by atoms with Gasteiger partial charge in [0.25, 0.3) is 5.91 Å². The van der Waals surface area contributed by atoms with Crippen LogP contribution in [0.1, 0.15) is 43.7 Å². The van der Waals surface area contributed by atoms with Crippen molar-refractivity contribution < 1.29 is 9.18 Å². The predicted molar refractivity (Wildman–Crippen MR) is 139 cm³/mol. The maximum Gasteiger partial charge on any atom is 0.256 e. The van der Waals surface area contributed by atoms with Gasteiger partial charge in [-0.25, -0.2) is 9.37 Å². The smallest absolute Gasteiger partial charge is 0.256 e. The molecule has 0 bridgehead atoms. The van der Waals surface area contributed by atoms with Crippen molar-refractivity contribution in [3.05, 3.63) is 65.9 Å². The second kappa shape index (κ2) is 10.1. The maximum atomic E-state index is 15.3. The van der Waals surface area contributed by atoms with Crippen LogP contribution in [-0.2, 0) is 6.42 Å². The number of halogens is 1. The van der Waals surface area contributed by atoms with Crippen molar-refractivity contribution in [2.75, 3.05) is 38.5 Å². The molecule has 4 rings (SSSR count). The Kier molecular flexibility index (Phi) is 7.17. The number of carbonyl (C=O) groups excluding carboxylic acids is 1. The molecule has 0 saturated carbocycles. The van der Waals surface area contributed by atoms with Crippen LogP contribution in [0.15, 0.2) is 48.8 Å². The maximum absolute atomic E-state index is 15.3. The highest BCUT2D eigenvalue weighted by Gasteiger charge is 2.29. The zero-order valence-electron chi connectivity index (χ0n) is 21.2. The number of aromatic nitrogens is 2. The summed E-state index contributed by atoms with van der Waals surface area (Å²) in [5, 5.41) is 3.03. The molecule has 0 spiro atoms. The van der Waals surface area contributed by atoms with Gasteiger partial charge in [0.05, 0.1) is 5.56 Å². The average Bonchev–Trinajstić information content (AvgIpc) is 2.87. The molecule has 1 fully saturated rings. The Bertz CT molecular complexity index is 1190. The van der Waals surface area contributed by atoms with Crippen LogP contribution >= 0.6 is 0 Å². The van der Waals surface area contributed by atoms with Gasteiger partial charge in [-0.05, 0) is 68.7 Å². The van der Waals surface area contributed by atoms with Crippen LogP contribution in [0.3, 0.4) is 0 Å². The fourth-order valence-electron chi connectivity index (χ4n) is 4.63. The van der Waals surface area contributed by atoms with Crippen LogP contribution in [-0.4, -0.2) is 64.4 Å². The number of benzene rings is 1. The summed E-state index contributed by atoms with van der Waals surface area (Å²) in [5.74, 6) is 0.0170. The summed E-state index contributed by atoms with van der Waals surface area (Å²) in [4.78, 5) is 26.2. The summed E-state index contributed by atoms with van der Waals surface area (Å²) in [6.07, 6.45) is 4.28. The third-order valence-corrected chi connectivity index (χ3v) is 6.70. The van der Waals surface area contributed by atoms with Gasteiger partial charge in [-0.3, -0.25) is 14.7 Å². The van der Waals surface area contributed by atoms with Crippen molar-refractivity contribution in [2.45, 2.75) is 39.7 Å². The number of carbonyl (C=O) groups is 1. The first-order chi connectivity index (χ1) is 16.7. The van der Waals surface area contributed by atoms with E-state index in [4.69, 9.17) is 0 Å². The lowest BCUT2D eigenvalue weighted by Gasteiger charge is -2.42. The molecule has 184 valence electrons. The van der Waals surface area contributed by atoms with E-state index in [1.54, 1.807) is 23.4 Å². The summed E-state index contributed by atoms with van der Waals surface area (Å²) in [6.45, 7) is 11.3. The molecule has 0 aliphatic carbocycles. The number of piperazine rings is 1. The number of nitrogens with one attached hydrogen (secondary N) is 1. The minimum atomic E-state index is -0.504. The summed E-state index contributed by atoms with van der Waals surface area (Å²) < 4.78 is 15.3. The summed E-state index contributed by atoms with van der Waals surface area (Å²) in [7, 11) is 1.82. The molecule has 35 heavy (non-hydrogen) atoms. The van der Waals surface area contributed by atoms with Crippen molar-refractivity contribution in [1.82, 2.24) is 19.8 Å². The highest BCUT2D eigenvalue weighted by molar-refractivity contribution is 5.95. The molecule has 1 aliphatic rings. The minimum absolute atomic E-state index is 0.0600. The number of amides is 1. The first kappa shape index (κ1) is 24.8. The molecular formula is C28H34FN5O. The van der Waals surface area contributed by atoms with Crippen molar-refractivity contribution >= 4 is 11.7 Å². The second-order valence-electron chi connectivity index (χ2n) is 9.86. The Morgan fingerprint density at radius 1 is 1.03 bits per heavy atom. The molecule has 0 atom stereocenters. The van der Waals surface area contributed by atoms with Gasteiger partial charge in [0.2, 0.25) is 0 Å². The van der Waals surface area contributed by atoms with E-state index in [0.717, 1.165) is 47.7 Å². The zero-order valence-corrected chi connectivity index (χ0v) is 21.2. The number of hydrogen-bond donors (Lipinski definition) is 1. The van der Waals surface area contributed by atoms with Gasteiger partial charge in [-0.1, -0.05) is 13.0 Å². The zero-order chi connectivity index (χ0) is 25.2. The van der Waals surface area contributed by atoms with Gasteiger partial charge >= 0.3 is 0 Å². The average molecular weight is 476 g/mol. The monoisotopic (exact) mass is 475 g/mol. The first-order valence-corrected chi connectivity index (χ1v) is 12.2. The lowest BCUT2D eigenvalue weighted by atomic mass is 9.93. The van der Waals surface area contributed by atoms with E-state index in [9.17, 15) is 4.79 Å². The molecule has 2 aromatic heterocycles. The second-order valence-corrected chi connectivity index (χ2v) is 9.86. The first-order valence-electron chi connectivity index (χ1n) is 12.2. The van der Waals surface area contributed by atoms with Crippen LogP contribution < -0.4 is 5.32 Å². The summed E-state index contributed by atoms with van der Waals surface area (Å²) in [6, 6.07) is 10.7. The van der Waals surface area contributed by atoms with Crippen molar-refractivity contribution in [3.63, 3.8) is 0 Å². The number of hydrogen-bond acceptors (Lipinski definition) is 5. The fourth-order valence-corrected chi connectivity index (χ4v) is 4.63. The Labute approximate surface area is 207 Å². The Morgan fingerprint density at radius 3 is 2.31 bits per heavy atom. The number of anilines is 1. The van der Waals surface area contributed by atoms with Crippen LogP contribution in [0.4, 0.5) is 10.2 Å². The molecule has 1 saturated heterocycles. The van der Waals surface area contributed by atoms with Gasteiger partial charge in [-0.2, -0.15) is 0 Å². The van der Waals surface area contributed by atoms with E-state index in [2.05, 4.69) is 41.0 Å². The topological polar surface area (TPSA) is 61.4 Å². The number of aryl methyl sites for hydroxylation is 1. The van der Waals surface area contributed by atoms with Gasteiger partial charge in [-0.15, -0.1) is 0 Å². The van der Waals surface area contributed by atoms with Crippen LogP contribution in [0, 0.1) is 5.82 Å². The molecular weight excluding hydrogens is 441 g/mol. The number of nitrogens with zero attached hydrogens (tertiary/aromatic N) is 4. The molecule has 1 aliphatic heterocycles. The summed E-state index contributed by atoms with van der Waals surface area (Å²) in [5.41, 5.74) is 4.52. The normalized spacial score (nSPS) is 14.7. The van der Waals surface area contributed by atoms with E-state index < -0.39 is 5.82 Å². The van der Waals surface area contributed by atoms with Crippen LogP contribution in [0.5, 0.6) is 0 Å². The third-order valence-electron chi connectivity index (χ3n) is 6.70. The third kappa shape index (κ3) is 5.20. The SMILES string of the molecule is CCc1nccc(-c2ccc(C(=O)N3CCN(C(C)(C)C)CC3)c(F)c2)c1-c1ccc(NC)nc1. The van der Waals surface area contributed by atoms with E-state index >= 15 is 4.39 Å². The highest BCUT2D eigenvalue weighted by Crippen LogP contribution is 2.35. The van der Waals surface area contributed by atoms with Gasteiger partial charge in [0.1, 0.15) is 11.6 Å². The molecule has 6 nitrogen and oxygen atoms in total. The fraction of sp³-hybridized carbons (Fsp3) is 0.393. The minimum Gasteiger partial charge on any atom is -0.373 e. The van der Waals surface area contributed by atoms with E-state index in [1.807, 2.05) is 38.2 Å². The molecule has 3 heterocycles. The summed E-state index contributed by atoms with van der Waals surface area (Å²) >= 11 is 0. The van der Waals surface area contributed by atoms with Crippen LogP contribution in [0.2, 0.25) is 0 Å². The number of pyridine rings is 2. The predicted octanol–water partition coefficient (Wildman–Crippen LogP) is 5.11. The van der Waals surface area contributed by atoms with Gasteiger partial charge < -0.3 is 10.2 Å². The molecule has 7 heteroatoms. The Hall–Kier alpha value is -3.32. The van der Waals surface area contributed by atoms with Gasteiger partial charge in [0.15, 0.2) is 0 Å². The lowest BCUT2D eigenvalue weighted by molar-refractivity contribution is 0.0447. The van der Waals surface area contributed by atoms with Gasteiger partial charge in [0, 0.05) is 68.0 Å². The molecule has 1 amide bonds. The highest BCUT2D eigenvalue weighted by atomic mass is 19.1. The van der Waals surface area contributed by atoms with Crippen molar-refractivity contribution in [3.8, 4) is 22.3 Å². The van der Waals surface area contributed by atoms with E-state index in [-0.39, 0.29) is 17.0 Å². The molecule has 1 aromatic carbocycles. The van der Waals surface area contributed by atoms with E-state index in [0.29, 0.717) is 18.7 Å². The molecule has 1 N–H and O–H groups in total. The lowest BCUT2D eigenvalue weighted by Crippen LogP contribution is -2.54. The largest absolute Gasteiger partial charge is 0.373 e. The standard InChI is InChI=1S/C28H34FN5O/c1-6-24-26(20-8-10-25(30-5)32-18-20)21(11-12-31-24)19-7-9-22(23(29)17-19)27(35)33-13-15-34(16-14-33)28(2,3)4/h7-12,17-18H,6,13-16H2,1-5H3,(H,30,32). The Balaban J connectivity index is 1.63. The van der Waals surface area contributed by atoms with Crippen LogP contribution in [0.25, 0.3) is 22.3 Å².